The van der Waals surface area contributed by atoms with Crippen LogP contribution in [0, 0.1) is 0 Å². The van der Waals surface area contributed by atoms with Crippen LogP contribution in [0.5, 0.6) is 11.5 Å². The van der Waals surface area contributed by atoms with Gasteiger partial charge in [0.15, 0.2) is 6.10 Å². The van der Waals surface area contributed by atoms with Gasteiger partial charge in [-0.1, -0.05) is 29.3 Å². The third kappa shape index (κ3) is 5.44. The molecule has 6 nitrogen and oxygen atoms in total. The molecule has 2 N–H and O–H groups in total. The third-order valence-electron chi connectivity index (χ3n) is 4.03. The lowest BCUT2D eigenvalue weighted by Gasteiger charge is -2.17. The summed E-state index contributed by atoms with van der Waals surface area (Å²) in [6.45, 7) is 1.60. The molecule has 2 aromatic carbocycles. The highest BCUT2D eigenvalue weighted by molar-refractivity contribution is 7.12. The molecule has 0 radical (unpaired) electrons. The van der Waals surface area contributed by atoms with Gasteiger partial charge in [0.05, 0.1) is 22.7 Å². The molecule has 0 saturated heterocycles. The number of carbonyl (C=O) groups excluding carboxylic acids is 2. The first kappa shape index (κ1) is 22.0. The maximum Gasteiger partial charge on any atom is 0.265 e. The molecular weight excluding hydrogens is 447 g/mol. The molecule has 9 heteroatoms. The van der Waals surface area contributed by atoms with Crippen molar-refractivity contribution >= 4 is 57.7 Å². The van der Waals surface area contributed by atoms with E-state index in [1.54, 1.807) is 49.4 Å². The van der Waals surface area contributed by atoms with Crippen molar-refractivity contribution in [3.63, 3.8) is 0 Å². The zero-order chi connectivity index (χ0) is 21.7. The number of carbonyl (C=O) groups is 2. The van der Waals surface area contributed by atoms with Crippen molar-refractivity contribution in [2.75, 3.05) is 17.7 Å². The van der Waals surface area contributed by atoms with Crippen molar-refractivity contribution in [3.8, 4) is 11.5 Å². The van der Waals surface area contributed by atoms with E-state index in [-0.39, 0.29) is 11.8 Å². The summed E-state index contributed by atoms with van der Waals surface area (Å²) in [5.74, 6) is 0.153. The highest BCUT2D eigenvalue weighted by Crippen LogP contribution is 2.30. The number of rotatable bonds is 7. The predicted molar refractivity (Wildman–Crippen MR) is 120 cm³/mol. The minimum absolute atomic E-state index is 0.234. The molecule has 1 aromatic heterocycles. The lowest BCUT2D eigenvalue weighted by atomic mass is 10.2. The van der Waals surface area contributed by atoms with E-state index in [0.29, 0.717) is 37.8 Å². The number of ether oxygens (including phenoxy) is 2. The number of hydrogen-bond donors (Lipinski definition) is 2. The van der Waals surface area contributed by atoms with Crippen LogP contribution in [0.2, 0.25) is 10.0 Å². The number of anilines is 2. The molecule has 0 aliphatic rings. The van der Waals surface area contributed by atoms with Crippen LogP contribution in [0.3, 0.4) is 0 Å². The van der Waals surface area contributed by atoms with Crippen LogP contribution in [-0.2, 0) is 4.79 Å². The molecule has 1 heterocycles. The maximum absolute atomic E-state index is 12.5. The van der Waals surface area contributed by atoms with Gasteiger partial charge >= 0.3 is 0 Å². The number of nitrogens with one attached hydrogen (secondary N) is 2. The molecule has 0 unspecified atom stereocenters. The van der Waals surface area contributed by atoms with Gasteiger partial charge in [-0.25, -0.2) is 0 Å². The van der Waals surface area contributed by atoms with Crippen molar-refractivity contribution in [1.29, 1.82) is 0 Å². The van der Waals surface area contributed by atoms with Gasteiger partial charge in [0.1, 0.15) is 11.5 Å². The average Bonchev–Trinajstić information content (AvgIpc) is 3.26. The van der Waals surface area contributed by atoms with E-state index in [4.69, 9.17) is 32.7 Å². The summed E-state index contributed by atoms with van der Waals surface area (Å²) in [6, 6.07) is 13.2. The summed E-state index contributed by atoms with van der Waals surface area (Å²) in [7, 11) is 1.48. The molecule has 0 aliphatic heterocycles. The first-order valence-electron chi connectivity index (χ1n) is 8.83. The van der Waals surface area contributed by atoms with Crippen LogP contribution in [0.15, 0.2) is 53.9 Å². The standard InChI is InChI=1S/C21H18Cl2N2O4S/c1-12(29-17-8-5-13(22)10-15(17)23)20(26)24-14-6-7-16(18(11-14)28-2)25-21(27)19-4-3-9-30-19/h3-12H,1-2H3,(H,24,26)(H,25,27)/t12-/m1/s1. The van der Waals surface area contributed by atoms with E-state index < -0.39 is 6.10 Å². The van der Waals surface area contributed by atoms with E-state index in [0.717, 1.165) is 0 Å². The monoisotopic (exact) mass is 464 g/mol. The lowest BCUT2D eigenvalue weighted by molar-refractivity contribution is -0.122. The van der Waals surface area contributed by atoms with E-state index in [9.17, 15) is 9.59 Å². The van der Waals surface area contributed by atoms with Crippen molar-refractivity contribution < 1.29 is 19.1 Å². The van der Waals surface area contributed by atoms with E-state index >= 15 is 0 Å². The van der Waals surface area contributed by atoms with E-state index in [2.05, 4.69) is 10.6 Å². The fourth-order valence-electron chi connectivity index (χ4n) is 2.52. The Hall–Kier alpha value is -2.74. The van der Waals surface area contributed by atoms with Crippen molar-refractivity contribution in [1.82, 2.24) is 0 Å². The fraction of sp³-hybridized carbons (Fsp3) is 0.143. The van der Waals surface area contributed by atoms with E-state index in [1.807, 2.05) is 5.38 Å². The second-order valence-corrected chi connectivity index (χ2v) is 7.96. The largest absolute Gasteiger partial charge is 0.494 e. The Bertz CT molecular complexity index is 1060. The maximum atomic E-state index is 12.5. The minimum Gasteiger partial charge on any atom is -0.494 e. The van der Waals surface area contributed by atoms with Crippen LogP contribution in [0.4, 0.5) is 11.4 Å². The Morgan fingerprint density at radius 1 is 1.03 bits per heavy atom. The number of benzene rings is 2. The number of halogens is 2. The quantitative estimate of drug-likeness (QED) is 0.468. The van der Waals surface area contributed by atoms with Gasteiger partial charge < -0.3 is 20.1 Å². The summed E-state index contributed by atoms with van der Waals surface area (Å²) < 4.78 is 11.0. The molecule has 156 valence electrons. The van der Waals surface area contributed by atoms with Crippen molar-refractivity contribution in [3.05, 3.63) is 68.8 Å². The van der Waals surface area contributed by atoms with Gasteiger partial charge in [0, 0.05) is 16.8 Å². The Kier molecular flexibility index (Phi) is 7.20. The smallest absolute Gasteiger partial charge is 0.265 e. The molecule has 3 aromatic rings. The summed E-state index contributed by atoms with van der Waals surface area (Å²) >= 11 is 13.3. The van der Waals surface area contributed by atoms with Gasteiger partial charge in [0.2, 0.25) is 0 Å². The molecule has 0 spiro atoms. The molecule has 0 bridgehead atoms. The SMILES string of the molecule is COc1cc(NC(=O)[C@@H](C)Oc2ccc(Cl)cc2Cl)ccc1NC(=O)c1cccs1. The predicted octanol–water partition coefficient (Wildman–Crippen LogP) is 5.72. The second kappa shape index (κ2) is 9.84. The molecule has 2 amide bonds. The topological polar surface area (TPSA) is 76.7 Å². The zero-order valence-corrected chi connectivity index (χ0v) is 18.4. The summed E-state index contributed by atoms with van der Waals surface area (Å²) in [5.41, 5.74) is 0.981. The molecular formula is C21H18Cl2N2O4S. The highest BCUT2D eigenvalue weighted by Gasteiger charge is 2.18. The van der Waals surface area contributed by atoms with Crippen LogP contribution >= 0.6 is 34.5 Å². The fourth-order valence-corrected chi connectivity index (χ4v) is 3.59. The second-order valence-electron chi connectivity index (χ2n) is 6.17. The van der Waals surface area contributed by atoms with Gasteiger partial charge in [-0.05, 0) is 48.7 Å². The van der Waals surface area contributed by atoms with Gasteiger partial charge in [-0.15, -0.1) is 11.3 Å². The first-order valence-corrected chi connectivity index (χ1v) is 10.5. The molecule has 0 saturated carbocycles. The van der Waals surface area contributed by atoms with Gasteiger partial charge in [-0.3, -0.25) is 9.59 Å². The van der Waals surface area contributed by atoms with E-state index in [1.165, 1.54) is 24.5 Å². The van der Waals surface area contributed by atoms with Crippen LogP contribution in [-0.4, -0.2) is 25.0 Å². The van der Waals surface area contributed by atoms with Crippen LogP contribution in [0.25, 0.3) is 0 Å². The lowest BCUT2D eigenvalue weighted by Crippen LogP contribution is -2.30. The summed E-state index contributed by atoms with van der Waals surface area (Å²) in [5, 5.41) is 8.16. The minimum atomic E-state index is -0.812. The molecule has 1 atom stereocenters. The Balaban J connectivity index is 1.66. The molecule has 0 fully saturated rings. The number of thiophene rings is 1. The van der Waals surface area contributed by atoms with Gasteiger partial charge in [-0.2, -0.15) is 0 Å². The molecule has 3 rings (SSSR count). The van der Waals surface area contributed by atoms with Crippen LogP contribution < -0.4 is 20.1 Å². The first-order chi connectivity index (χ1) is 14.4. The Morgan fingerprint density at radius 2 is 1.83 bits per heavy atom. The number of methoxy groups -OCH3 is 1. The molecule has 30 heavy (non-hydrogen) atoms. The summed E-state index contributed by atoms with van der Waals surface area (Å²) in [4.78, 5) is 25.3. The number of hydrogen-bond acceptors (Lipinski definition) is 5. The van der Waals surface area contributed by atoms with Crippen molar-refractivity contribution in [2.24, 2.45) is 0 Å². The zero-order valence-electron chi connectivity index (χ0n) is 16.1. The Morgan fingerprint density at radius 3 is 2.50 bits per heavy atom. The molecule has 0 aliphatic carbocycles. The Labute approximate surface area is 187 Å². The van der Waals surface area contributed by atoms with Crippen LogP contribution in [0.1, 0.15) is 16.6 Å². The van der Waals surface area contributed by atoms with Crippen molar-refractivity contribution in [2.45, 2.75) is 13.0 Å². The van der Waals surface area contributed by atoms with Gasteiger partial charge in [0.25, 0.3) is 11.8 Å². The summed E-state index contributed by atoms with van der Waals surface area (Å²) in [6.07, 6.45) is -0.812. The average molecular weight is 465 g/mol. The third-order valence-corrected chi connectivity index (χ3v) is 5.43. The normalized spacial score (nSPS) is 11.5. The highest BCUT2D eigenvalue weighted by atomic mass is 35.5. The number of amides is 2.